The van der Waals surface area contributed by atoms with E-state index < -0.39 is 0 Å². The smallest absolute Gasteiger partial charge is 0.221 e. The molecule has 2 aromatic rings. The van der Waals surface area contributed by atoms with Crippen molar-refractivity contribution in [3.05, 3.63) is 58.6 Å². The molecule has 0 saturated carbocycles. The Hall–Kier alpha value is -2.00. The molecule has 0 spiro atoms. The Labute approximate surface area is 124 Å². The molecule has 2 rings (SSSR count). The second kappa shape index (κ2) is 6.44. The predicted molar refractivity (Wildman–Crippen MR) is 84.3 cm³/mol. The molecule has 4 heteroatoms. The van der Waals surface area contributed by atoms with Gasteiger partial charge in [0.2, 0.25) is 5.91 Å². The van der Waals surface area contributed by atoms with E-state index in [0.29, 0.717) is 11.6 Å². The third-order valence-corrected chi connectivity index (χ3v) is 3.25. The molecule has 0 unspecified atom stereocenters. The van der Waals surface area contributed by atoms with E-state index in [2.05, 4.69) is 10.6 Å². The van der Waals surface area contributed by atoms with Crippen LogP contribution in [0.15, 0.2) is 42.5 Å². The highest BCUT2D eigenvalue weighted by Crippen LogP contribution is 2.24. The van der Waals surface area contributed by atoms with E-state index in [9.17, 15) is 4.79 Å². The van der Waals surface area contributed by atoms with Crippen LogP contribution in [0.25, 0.3) is 0 Å². The highest BCUT2D eigenvalue weighted by atomic mass is 35.5. The van der Waals surface area contributed by atoms with E-state index in [1.807, 2.05) is 49.4 Å². The van der Waals surface area contributed by atoms with Crippen LogP contribution in [0.4, 0.5) is 11.4 Å². The SMILES string of the molecule is CC(=O)Nc1ccccc1CNc1cc(C)ccc1Cl. The normalized spacial score (nSPS) is 10.2. The van der Waals surface area contributed by atoms with Crippen LogP contribution in [0.2, 0.25) is 5.02 Å². The van der Waals surface area contributed by atoms with Crippen LogP contribution >= 0.6 is 11.6 Å². The van der Waals surface area contributed by atoms with Crippen molar-refractivity contribution in [3.63, 3.8) is 0 Å². The minimum absolute atomic E-state index is 0.0777. The molecule has 0 fully saturated rings. The number of carbonyl (C=O) groups excluding carboxylic acids is 1. The van der Waals surface area contributed by atoms with Gasteiger partial charge in [-0.2, -0.15) is 0 Å². The largest absolute Gasteiger partial charge is 0.380 e. The van der Waals surface area contributed by atoms with Crippen LogP contribution < -0.4 is 10.6 Å². The maximum Gasteiger partial charge on any atom is 0.221 e. The summed E-state index contributed by atoms with van der Waals surface area (Å²) in [4.78, 5) is 11.2. The van der Waals surface area contributed by atoms with Gasteiger partial charge < -0.3 is 10.6 Å². The summed E-state index contributed by atoms with van der Waals surface area (Å²) in [7, 11) is 0. The monoisotopic (exact) mass is 288 g/mol. The predicted octanol–water partition coefficient (Wildman–Crippen LogP) is 4.22. The first-order valence-corrected chi connectivity index (χ1v) is 6.79. The van der Waals surface area contributed by atoms with Crippen LogP contribution in [0.3, 0.4) is 0 Å². The Kier molecular flexibility index (Phi) is 4.64. The second-order valence-electron chi connectivity index (χ2n) is 4.68. The summed E-state index contributed by atoms with van der Waals surface area (Å²) >= 11 is 6.15. The molecule has 104 valence electrons. The van der Waals surface area contributed by atoms with Gasteiger partial charge in [0.25, 0.3) is 0 Å². The molecule has 0 atom stereocenters. The highest BCUT2D eigenvalue weighted by molar-refractivity contribution is 6.33. The zero-order valence-electron chi connectivity index (χ0n) is 11.5. The van der Waals surface area contributed by atoms with Crippen molar-refractivity contribution < 1.29 is 4.79 Å². The molecule has 0 aliphatic heterocycles. The van der Waals surface area contributed by atoms with Crippen molar-refractivity contribution in [2.45, 2.75) is 20.4 Å². The molecule has 0 bridgehead atoms. The number of halogens is 1. The maximum absolute atomic E-state index is 11.2. The summed E-state index contributed by atoms with van der Waals surface area (Å²) in [5, 5.41) is 6.81. The summed E-state index contributed by atoms with van der Waals surface area (Å²) < 4.78 is 0. The van der Waals surface area contributed by atoms with Gasteiger partial charge in [-0.15, -0.1) is 0 Å². The fourth-order valence-corrected chi connectivity index (χ4v) is 2.14. The molecule has 0 aliphatic carbocycles. The van der Waals surface area contributed by atoms with Gasteiger partial charge in [0.05, 0.1) is 10.7 Å². The van der Waals surface area contributed by atoms with Gasteiger partial charge in [-0.05, 0) is 36.2 Å². The number of carbonyl (C=O) groups is 1. The highest BCUT2D eigenvalue weighted by Gasteiger charge is 2.05. The van der Waals surface area contributed by atoms with Crippen molar-refractivity contribution in [2.24, 2.45) is 0 Å². The molecule has 0 aliphatic rings. The van der Waals surface area contributed by atoms with E-state index in [0.717, 1.165) is 22.5 Å². The minimum Gasteiger partial charge on any atom is -0.380 e. The summed E-state index contributed by atoms with van der Waals surface area (Å²) in [5.41, 5.74) is 3.87. The van der Waals surface area contributed by atoms with Gasteiger partial charge in [0.1, 0.15) is 0 Å². The van der Waals surface area contributed by atoms with Gasteiger partial charge in [-0.1, -0.05) is 35.9 Å². The average molecular weight is 289 g/mol. The molecular weight excluding hydrogens is 272 g/mol. The number of aryl methyl sites for hydroxylation is 1. The molecule has 2 aromatic carbocycles. The lowest BCUT2D eigenvalue weighted by molar-refractivity contribution is -0.114. The number of nitrogens with one attached hydrogen (secondary N) is 2. The molecule has 0 saturated heterocycles. The van der Waals surface area contributed by atoms with E-state index in [1.54, 1.807) is 0 Å². The van der Waals surface area contributed by atoms with Crippen molar-refractivity contribution >= 4 is 28.9 Å². The summed E-state index contributed by atoms with van der Waals surface area (Å²) in [6.45, 7) is 4.12. The van der Waals surface area contributed by atoms with Crippen LogP contribution in [-0.4, -0.2) is 5.91 Å². The third kappa shape index (κ3) is 3.75. The molecule has 0 radical (unpaired) electrons. The Morgan fingerprint density at radius 2 is 1.90 bits per heavy atom. The Morgan fingerprint density at radius 1 is 1.15 bits per heavy atom. The van der Waals surface area contributed by atoms with Gasteiger partial charge in [-0.25, -0.2) is 0 Å². The van der Waals surface area contributed by atoms with Crippen LogP contribution in [0.1, 0.15) is 18.1 Å². The van der Waals surface area contributed by atoms with Gasteiger partial charge in [0.15, 0.2) is 0 Å². The summed E-state index contributed by atoms with van der Waals surface area (Å²) in [6.07, 6.45) is 0. The number of anilines is 2. The van der Waals surface area contributed by atoms with Gasteiger partial charge in [-0.3, -0.25) is 4.79 Å². The van der Waals surface area contributed by atoms with E-state index in [4.69, 9.17) is 11.6 Å². The first-order chi connectivity index (χ1) is 9.56. The Balaban J connectivity index is 2.14. The maximum atomic E-state index is 11.2. The minimum atomic E-state index is -0.0777. The molecule has 0 aromatic heterocycles. The van der Waals surface area contributed by atoms with E-state index >= 15 is 0 Å². The number of rotatable bonds is 4. The van der Waals surface area contributed by atoms with E-state index in [-0.39, 0.29) is 5.91 Å². The molecule has 0 heterocycles. The fraction of sp³-hybridized carbons (Fsp3) is 0.188. The Morgan fingerprint density at radius 3 is 2.65 bits per heavy atom. The molecule has 3 nitrogen and oxygen atoms in total. The van der Waals surface area contributed by atoms with Crippen LogP contribution in [0, 0.1) is 6.92 Å². The number of amides is 1. The summed E-state index contributed by atoms with van der Waals surface area (Å²) in [6, 6.07) is 13.5. The fourth-order valence-electron chi connectivity index (χ4n) is 1.95. The lowest BCUT2D eigenvalue weighted by Gasteiger charge is -2.13. The number of hydrogen-bond donors (Lipinski definition) is 2. The van der Waals surface area contributed by atoms with Gasteiger partial charge >= 0.3 is 0 Å². The van der Waals surface area contributed by atoms with Gasteiger partial charge in [0, 0.05) is 19.2 Å². The lowest BCUT2D eigenvalue weighted by Crippen LogP contribution is -2.10. The number of benzene rings is 2. The first-order valence-electron chi connectivity index (χ1n) is 6.42. The molecular formula is C16H17ClN2O. The van der Waals surface area contributed by atoms with Crippen molar-refractivity contribution in [1.82, 2.24) is 0 Å². The third-order valence-electron chi connectivity index (χ3n) is 2.92. The van der Waals surface area contributed by atoms with Crippen LogP contribution in [0.5, 0.6) is 0 Å². The lowest BCUT2D eigenvalue weighted by atomic mass is 10.1. The number of para-hydroxylation sites is 1. The standard InChI is InChI=1S/C16H17ClN2O/c1-11-7-8-14(17)16(9-11)18-10-13-5-3-4-6-15(13)19-12(2)20/h3-9,18H,10H2,1-2H3,(H,19,20). The summed E-state index contributed by atoms with van der Waals surface area (Å²) in [5.74, 6) is -0.0777. The number of hydrogen-bond acceptors (Lipinski definition) is 2. The van der Waals surface area contributed by atoms with Crippen molar-refractivity contribution in [2.75, 3.05) is 10.6 Å². The topological polar surface area (TPSA) is 41.1 Å². The van der Waals surface area contributed by atoms with Crippen LogP contribution in [-0.2, 0) is 11.3 Å². The zero-order chi connectivity index (χ0) is 14.5. The van der Waals surface area contributed by atoms with E-state index in [1.165, 1.54) is 6.92 Å². The molecule has 2 N–H and O–H groups in total. The zero-order valence-corrected chi connectivity index (χ0v) is 12.3. The molecule has 1 amide bonds. The second-order valence-corrected chi connectivity index (χ2v) is 5.08. The molecule has 20 heavy (non-hydrogen) atoms. The Bertz CT molecular complexity index is 626. The average Bonchev–Trinajstić information content (AvgIpc) is 2.41. The quantitative estimate of drug-likeness (QED) is 0.884. The first kappa shape index (κ1) is 14.4. The van der Waals surface area contributed by atoms with Crippen molar-refractivity contribution in [3.8, 4) is 0 Å². The van der Waals surface area contributed by atoms with Crippen molar-refractivity contribution in [1.29, 1.82) is 0 Å².